The van der Waals surface area contributed by atoms with Crippen molar-refractivity contribution in [2.24, 2.45) is 0 Å². The first kappa shape index (κ1) is 19.5. The molecule has 0 bridgehead atoms. The molecule has 1 aromatic carbocycles. The van der Waals surface area contributed by atoms with Crippen molar-refractivity contribution in [3.05, 3.63) is 70.1 Å². The third kappa shape index (κ3) is 3.74. The second-order valence-electron chi connectivity index (χ2n) is 5.44. The quantitative estimate of drug-likeness (QED) is 0.495. The topological polar surface area (TPSA) is 75.5 Å². The van der Waals surface area contributed by atoms with E-state index in [2.05, 4.69) is 4.98 Å². The Hall–Kier alpha value is -3.21. The number of nitrogens with one attached hydrogen (secondary N) is 2. The fourth-order valence-electron chi connectivity index (χ4n) is 2.28. The monoisotopic (exact) mass is 418 g/mol. The number of halogens is 6. The van der Waals surface area contributed by atoms with Crippen LogP contribution in [0.5, 0.6) is 0 Å². The van der Waals surface area contributed by atoms with Crippen LogP contribution in [-0.2, 0) is 6.18 Å². The maximum atomic E-state index is 13.5. The molecule has 0 aliphatic carbocycles. The SMILES string of the molecule is O=C(NNC(=O)c1c(F)cccc1F)c1cn2cc(C(F)(F)F)cc(Cl)c2n1. The number of amides is 2. The molecule has 0 saturated heterocycles. The predicted molar refractivity (Wildman–Crippen MR) is 86.5 cm³/mol. The Labute approximate surface area is 157 Å². The molecule has 0 radical (unpaired) electrons. The molecule has 0 unspecified atom stereocenters. The Kier molecular flexibility index (Phi) is 4.94. The van der Waals surface area contributed by atoms with Crippen molar-refractivity contribution < 1.29 is 31.5 Å². The van der Waals surface area contributed by atoms with Crippen LogP contribution >= 0.6 is 11.6 Å². The Morgan fingerprint density at radius 2 is 1.64 bits per heavy atom. The third-order valence-corrected chi connectivity index (χ3v) is 3.82. The average molecular weight is 419 g/mol. The normalized spacial score (nSPS) is 11.5. The van der Waals surface area contributed by atoms with Crippen LogP contribution in [0.4, 0.5) is 22.0 Å². The first-order valence-electron chi connectivity index (χ1n) is 7.38. The van der Waals surface area contributed by atoms with Gasteiger partial charge in [0.25, 0.3) is 11.8 Å². The number of aromatic nitrogens is 2. The molecule has 2 heterocycles. The van der Waals surface area contributed by atoms with Gasteiger partial charge in [0.2, 0.25) is 0 Å². The maximum absolute atomic E-state index is 13.5. The lowest BCUT2D eigenvalue weighted by Crippen LogP contribution is -2.42. The van der Waals surface area contributed by atoms with Crippen molar-refractivity contribution in [3.8, 4) is 0 Å². The third-order valence-electron chi connectivity index (χ3n) is 3.55. The van der Waals surface area contributed by atoms with E-state index in [4.69, 9.17) is 11.6 Å². The molecule has 2 N–H and O–H groups in total. The summed E-state index contributed by atoms with van der Waals surface area (Å²) in [4.78, 5) is 27.7. The second-order valence-corrected chi connectivity index (χ2v) is 5.84. The fourth-order valence-corrected chi connectivity index (χ4v) is 2.53. The van der Waals surface area contributed by atoms with Crippen LogP contribution < -0.4 is 10.9 Å². The van der Waals surface area contributed by atoms with Crippen molar-refractivity contribution in [1.29, 1.82) is 0 Å². The molecule has 28 heavy (non-hydrogen) atoms. The first-order valence-corrected chi connectivity index (χ1v) is 7.76. The lowest BCUT2D eigenvalue weighted by Gasteiger charge is -2.07. The van der Waals surface area contributed by atoms with Gasteiger partial charge >= 0.3 is 6.18 Å². The summed E-state index contributed by atoms with van der Waals surface area (Å²) in [5, 5.41) is -0.355. The lowest BCUT2D eigenvalue weighted by atomic mass is 10.2. The van der Waals surface area contributed by atoms with Crippen molar-refractivity contribution in [2.75, 3.05) is 0 Å². The van der Waals surface area contributed by atoms with Crippen molar-refractivity contribution in [3.63, 3.8) is 0 Å². The molecule has 6 nitrogen and oxygen atoms in total. The van der Waals surface area contributed by atoms with Gasteiger partial charge in [0, 0.05) is 12.4 Å². The zero-order valence-electron chi connectivity index (χ0n) is 13.4. The van der Waals surface area contributed by atoms with E-state index in [1.165, 1.54) is 0 Å². The van der Waals surface area contributed by atoms with Crippen molar-refractivity contribution in [1.82, 2.24) is 20.2 Å². The van der Waals surface area contributed by atoms with Gasteiger partial charge in [0.05, 0.1) is 10.6 Å². The number of nitrogens with zero attached hydrogens (tertiary/aromatic N) is 2. The number of pyridine rings is 1. The summed E-state index contributed by atoms with van der Waals surface area (Å²) in [5.41, 5.74) is 1.15. The number of carbonyl (C=O) groups excluding carboxylic acids is 2. The van der Waals surface area contributed by atoms with E-state index >= 15 is 0 Å². The number of hydrogen-bond acceptors (Lipinski definition) is 3. The molecule has 0 fully saturated rings. The van der Waals surface area contributed by atoms with E-state index in [1.54, 1.807) is 5.43 Å². The highest BCUT2D eigenvalue weighted by atomic mass is 35.5. The summed E-state index contributed by atoms with van der Waals surface area (Å²) in [6, 6.07) is 3.40. The molecule has 0 spiro atoms. The molecule has 3 rings (SSSR count). The molecule has 0 saturated carbocycles. The predicted octanol–water partition coefficient (Wildman–Crippen LogP) is 3.36. The Balaban J connectivity index is 1.80. The van der Waals surface area contributed by atoms with Gasteiger partial charge in [-0.15, -0.1) is 0 Å². The van der Waals surface area contributed by atoms with E-state index in [1.807, 2.05) is 5.43 Å². The van der Waals surface area contributed by atoms with Crippen LogP contribution in [0.3, 0.4) is 0 Å². The standard InChI is InChI=1S/C16H8ClF5N4O2/c17-8-4-7(16(20,21)22)5-26-6-11(23-13(8)26)14(27)24-25-15(28)12-9(18)2-1-3-10(12)19/h1-6H,(H,24,27)(H,25,28). The van der Waals surface area contributed by atoms with E-state index in [-0.39, 0.29) is 10.7 Å². The highest BCUT2D eigenvalue weighted by Crippen LogP contribution is 2.32. The van der Waals surface area contributed by atoms with Crippen LogP contribution in [0.1, 0.15) is 26.4 Å². The van der Waals surface area contributed by atoms with E-state index in [0.29, 0.717) is 12.3 Å². The molecule has 0 aliphatic heterocycles. The number of hydrazine groups is 1. The van der Waals surface area contributed by atoms with Gasteiger partial charge in [0.15, 0.2) is 5.65 Å². The zero-order chi connectivity index (χ0) is 20.6. The molecular weight excluding hydrogens is 411 g/mol. The molecule has 12 heteroatoms. The van der Waals surface area contributed by atoms with Crippen LogP contribution in [0.25, 0.3) is 5.65 Å². The molecule has 0 atom stereocenters. The van der Waals surface area contributed by atoms with E-state index < -0.39 is 46.4 Å². The zero-order valence-corrected chi connectivity index (χ0v) is 14.2. The Morgan fingerprint density at radius 1 is 1.04 bits per heavy atom. The summed E-state index contributed by atoms with van der Waals surface area (Å²) >= 11 is 5.76. The van der Waals surface area contributed by atoms with E-state index in [0.717, 1.165) is 28.8 Å². The number of fused-ring (bicyclic) bond motifs is 1. The summed E-state index contributed by atoms with van der Waals surface area (Å²) < 4.78 is 66.4. The van der Waals surface area contributed by atoms with Crippen molar-refractivity contribution >= 4 is 29.1 Å². The summed E-state index contributed by atoms with van der Waals surface area (Å²) in [6.07, 6.45) is -3.04. The minimum atomic E-state index is -4.66. The van der Waals surface area contributed by atoms with E-state index in [9.17, 15) is 31.5 Å². The Bertz CT molecular complexity index is 1080. The minimum Gasteiger partial charge on any atom is -0.304 e. The minimum absolute atomic E-state index is 0.133. The molecular formula is C16H8ClF5N4O2. The largest absolute Gasteiger partial charge is 0.417 e. The summed E-state index contributed by atoms with van der Waals surface area (Å²) in [5.74, 6) is -4.61. The number of imidazole rings is 1. The van der Waals surface area contributed by atoms with Crippen LogP contribution in [0, 0.1) is 11.6 Å². The molecule has 3 aromatic rings. The number of alkyl halides is 3. The highest BCUT2D eigenvalue weighted by molar-refractivity contribution is 6.33. The van der Waals surface area contributed by atoms with Gasteiger partial charge in [-0.2, -0.15) is 13.2 Å². The lowest BCUT2D eigenvalue weighted by molar-refractivity contribution is -0.137. The van der Waals surface area contributed by atoms with Gasteiger partial charge in [0.1, 0.15) is 22.9 Å². The smallest absolute Gasteiger partial charge is 0.304 e. The van der Waals surface area contributed by atoms with Gasteiger partial charge in [-0.05, 0) is 18.2 Å². The summed E-state index contributed by atoms with van der Waals surface area (Å²) in [7, 11) is 0. The fraction of sp³-hybridized carbons (Fsp3) is 0.0625. The number of benzene rings is 1. The second kappa shape index (κ2) is 7.08. The molecule has 2 amide bonds. The van der Waals surface area contributed by atoms with Crippen LogP contribution in [0.15, 0.2) is 36.7 Å². The number of rotatable bonds is 2. The maximum Gasteiger partial charge on any atom is 0.417 e. The van der Waals surface area contributed by atoms with Gasteiger partial charge in [-0.25, -0.2) is 13.8 Å². The van der Waals surface area contributed by atoms with Crippen molar-refractivity contribution in [2.45, 2.75) is 6.18 Å². The molecule has 146 valence electrons. The number of carbonyl (C=O) groups is 2. The molecule has 0 aliphatic rings. The Morgan fingerprint density at radius 3 is 2.25 bits per heavy atom. The average Bonchev–Trinajstić information content (AvgIpc) is 3.03. The van der Waals surface area contributed by atoms with Gasteiger partial charge in [-0.1, -0.05) is 17.7 Å². The number of hydrogen-bond donors (Lipinski definition) is 2. The first-order chi connectivity index (χ1) is 13.1. The van der Waals surface area contributed by atoms with Crippen LogP contribution in [0.2, 0.25) is 5.02 Å². The molecule has 2 aromatic heterocycles. The van der Waals surface area contributed by atoms with Gasteiger partial charge < -0.3 is 4.40 Å². The highest BCUT2D eigenvalue weighted by Gasteiger charge is 2.32. The van der Waals surface area contributed by atoms with Gasteiger partial charge in [-0.3, -0.25) is 20.4 Å². The summed E-state index contributed by atoms with van der Waals surface area (Å²) in [6.45, 7) is 0. The van der Waals surface area contributed by atoms with Crippen LogP contribution in [-0.4, -0.2) is 21.2 Å².